The van der Waals surface area contributed by atoms with Crippen LogP contribution in [0, 0.1) is 13.8 Å². The Bertz CT molecular complexity index is 1080. The lowest BCUT2D eigenvalue weighted by Gasteiger charge is -2.36. The summed E-state index contributed by atoms with van der Waals surface area (Å²) in [4.78, 5) is 17.2. The SMILES string of the molecule is Cc1cccc(CO[C@@H](CN2CCN(C(=O)c3cccc(C)c3)CC2)c2ccc(Cl)cc2)c1. The van der Waals surface area contributed by atoms with Crippen molar-refractivity contribution in [2.24, 2.45) is 0 Å². The van der Waals surface area contributed by atoms with Gasteiger partial charge in [-0.1, -0.05) is 71.3 Å². The van der Waals surface area contributed by atoms with Crippen molar-refractivity contribution in [3.8, 4) is 0 Å². The molecule has 1 saturated heterocycles. The van der Waals surface area contributed by atoms with Gasteiger partial charge in [-0.25, -0.2) is 0 Å². The van der Waals surface area contributed by atoms with Crippen LogP contribution in [0.4, 0.5) is 0 Å². The molecule has 33 heavy (non-hydrogen) atoms. The first kappa shape index (κ1) is 23.5. The first-order valence-electron chi connectivity index (χ1n) is 11.5. The highest BCUT2D eigenvalue weighted by atomic mass is 35.5. The first-order valence-corrected chi connectivity index (χ1v) is 11.9. The number of amides is 1. The van der Waals surface area contributed by atoms with Gasteiger partial charge in [0.15, 0.2) is 0 Å². The van der Waals surface area contributed by atoms with Crippen LogP contribution in [-0.2, 0) is 11.3 Å². The molecule has 0 aliphatic carbocycles. The molecule has 172 valence electrons. The van der Waals surface area contributed by atoms with E-state index in [9.17, 15) is 4.79 Å². The first-order chi connectivity index (χ1) is 16.0. The summed E-state index contributed by atoms with van der Waals surface area (Å²) >= 11 is 6.12. The smallest absolute Gasteiger partial charge is 0.253 e. The van der Waals surface area contributed by atoms with Gasteiger partial charge in [0, 0.05) is 43.3 Å². The fourth-order valence-corrected chi connectivity index (χ4v) is 4.39. The van der Waals surface area contributed by atoms with Gasteiger partial charge < -0.3 is 9.64 Å². The summed E-state index contributed by atoms with van der Waals surface area (Å²) in [5, 5.41) is 0.722. The molecule has 0 saturated carbocycles. The van der Waals surface area contributed by atoms with Crippen molar-refractivity contribution in [1.29, 1.82) is 0 Å². The van der Waals surface area contributed by atoms with Crippen molar-refractivity contribution < 1.29 is 9.53 Å². The molecule has 0 aromatic heterocycles. The van der Waals surface area contributed by atoms with Crippen molar-refractivity contribution in [2.75, 3.05) is 32.7 Å². The van der Waals surface area contributed by atoms with Crippen LogP contribution in [0.2, 0.25) is 5.02 Å². The van der Waals surface area contributed by atoms with Crippen molar-refractivity contribution >= 4 is 17.5 Å². The Morgan fingerprint density at radius 3 is 2.24 bits per heavy atom. The van der Waals surface area contributed by atoms with Gasteiger partial charge >= 0.3 is 0 Å². The van der Waals surface area contributed by atoms with Crippen LogP contribution in [0.25, 0.3) is 0 Å². The number of aryl methyl sites for hydroxylation is 2. The van der Waals surface area contributed by atoms with Crippen LogP contribution >= 0.6 is 11.6 Å². The number of benzene rings is 3. The van der Waals surface area contributed by atoms with Crippen LogP contribution < -0.4 is 0 Å². The molecule has 1 atom stereocenters. The molecule has 0 radical (unpaired) electrons. The number of rotatable bonds is 7. The molecule has 1 heterocycles. The number of halogens is 1. The van der Waals surface area contributed by atoms with Gasteiger partial charge in [0.25, 0.3) is 5.91 Å². The molecule has 5 heteroatoms. The lowest BCUT2D eigenvalue weighted by molar-refractivity contribution is 0.00341. The van der Waals surface area contributed by atoms with Crippen LogP contribution in [0.3, 0.4) is 0 Å². The summed E-state index contributed by atoms with van der Waals surface area (Å²) in [6.07, 6.45) is -0.0678. The van der Waals surface area contributed by atoms with Crippen LogP contribution in [0.5, 0.6) is 0 Å². The number of hydrogen-bond donors (Lipinski definition) is 0. The predicted molar refractivity (Wildman–Crippen MR) is 134 cm³/mol. The minimum absolute atomic E-state index is 0.0678. The minimum atomic E-state index is -0.0678. The Balaban J connectivity index is 1.39. The summed E-state index contributed by atoms with van der Waals surface area (Å²) in [6, 6.07) is 24.2. The maximum Gasteiger partial charge on any atom is 0.253 e. The number of carbonyl (C=O) groups is 1. The van der Waals surface area contributed by atoms with E-state index in [0.717, 1.165) is 54.4 Å². The highest BCUT2D eigenvalue weighted by molar-refractivity contribution is 6.30. The van der Waals surface area contributed by atoms with E-state index in [-0.39, 0.29) is 12.0 Å². The van der Waals surface area contributed by atoms with Crippen LogP contribution in [0.15, 0.2) is 72.8 Å². The lowest BCUT2D eigenvalue weighted by Crippen LogP contribution is -2.49. The molecule has 4 nitrogen and oxygen atoms in total. The summed E-state index contributed by atoms with van der Waals surface area (Å²) in [5.41, 5.74) is 5.39. The lowest BCUT2D eigenvalue weighted by atomic mass is 10.1. The molecule has 0 spiro atoms. The van der Waals surface area contributed by atoms with E-state index in [2.05, 4.69) is 36.1 Å². The standard InChI is InChI=1S/C28H31ClN2O2/c1-21-5-3-7-23(17-21)20-33-27(24-9-11-26(29)12-10-24)19-30-13-15-31(16-14-30)28(32)25-8-4-6-22(2)18-25/h3-12,17-18,27H,13-16,19-20H2,1-2H3/t27-/m0/s1. The third-order valence-corrected chi connectivity index (χ3v) is 6.38. The van der Waals surface area contributed by atoms with Crippen LogP contribution in [-0.4, -0.2) is 48.4 Å². The Kier molecular flexibility index (Phi) is 7.81. The third-order valence-electron chi connectivity index (χ3n) is 6.12. The highest BCUT2D eigenvalue weighted by Gasteiger charge is 2.25. The third kappa shape index (κ3) is 6.44. The fourth-order valence-electron chi connectivity index (χ4n) is 4.26. The Morgan fingerprint density at radius 1 is 0.909 bits per heavy atom. The zero-order chi connectivity index (χ0) is 23.2. The second kappa shape index (κ2) is 11.0. The van der Waals surface area contributed by atoms with E-state index < -0.39 is 0 Å². The van der Waals surface area contributed by atoms with E-state index in [1.54, 1.807) is 0 Å². The monoisotopic (exact) mass is 462 g/mol. The molecule has 1 aliphatic heterocycles. The number of carbonyl (C=O) groups excluding carboxylic acids is 1. The topological polar surface area (TPSA) is 32.8 Å². The number of ether oxygens (including phenoxy) is 1. The normalized spacial score (nSPS) is 15.4. The van der Waals surface area contributed by atoms with Gasteiger partial charge in [0.05, 0.1) is 12.7 Å². The minimum Gasteiger partial charge on any atom is -0.368 e. The number of piperazine rings is 1. The molecule has 0 unspecified atom stereocenters. The van der Waals surface area contributed by atoms with E-state index >= 15 is 0 Å². The summed E-state index contributed by atoms with van der Waals surface area (Å²) in [7, 11) is 0. The fraction of sp³-hybridized carbons (Fsp3) is 0.321. The zero-order valence-electron chi connectivity index (χ0n) is 19.3. The number of nitrogens with zero attached hydrogens (tertiary/aromatic N) is 2. The van der Waals surface area contributed by atoms with E-state index in [1.807, 2.05) is 60.4 Å². The highest BCUT2D eigenvalue weighted by Crippen LogP contribution is 2.24. The average Bonchev–Trinajstić information content (AvgIpc) is 2.82. The van der Waals surface area contributed by atoms with Gasteiger partial charge in [0.2, 0.25) is 0 Å². The average molecular weight is 463 g/mol. The Hall–Kier alpha value is -2.66. The summed E-state index contributed by atoms with van der Waals surface area (Å²) in [5.74, 6) is 0.114. The second-order valence-electron chi connectivity index (χ2n) is 8.80. The molecule has 4 rings (SSSR count). The molecule has 3 aromatic carbocycles. The summed E-state index contributed by atoms with van der Waals surface area (Å²) < 4.78 is 6.40. The molecule has 1 fully saturated rings. The quantitative estimate of drug-likeness (QED) is 0.453. The molecule has 3 aromatic rings. The summed E-state index contributed by atoms with van der Waals surface area (Å²) in [6.45, 7) is 8.54. The predicted octanol–water partition coefficient (Wildman–Crippen LogP) is 5.67. The zero-order valence-corrected chi connectivity index (χ0v) is 20.1. The van der Waals surface area contributed by atoms with E-state index in [4.69, 9.17) is 16.3 Å². The molecule has 0 bridgehead atoms. The van der Waals surface area contributed by atoms with Crippen molar-refractivity contribution in [1.82, 2.24) is 9.80 Å². The van der Waals surface area contributed by atoms with Crippen molar-refractivity contribution in [3.05, 3.63) is 106 Å². The van der Waals surface area contributed by atoms with E-state index in [1.165, 1.54) is 11.1 Å². The molecular formula is C28H31ClN2O2. The molecule has 1 aliphatic rings. The maximum atomic E-state index is 12.9. The number of hydrogen-bond acceptors (Lipinski definition) is 3. The van der Waals surface area contributed by atoms with E-state index in [0.29, 0.717) is 6.61 Å². The van der Waals surface area contributed by atoms with Gasteiger partial charge in [-0.05, 0) is 49.2 Å². The second-order valence-corrected chi connectivity index (χ2v) is 9.24. The maximum absolute atomic E-state index is 12.9. The van der Waals surface area contributed by atoms with Crippen molar-refractivity contribution in [3.63, 3.8) is 0 Å². The molecule has 0 N–H and O–H groups in total. The van der Waals surface area contributed by atoms with Gasteiger partial charge in [0.1, 0.15) is 0 Å². The van der Waals surface area contributed by atoms with Gasteiger partial charge in [-0.3, -0.25) is 9.69 Å². The van der Waals surface area contributed by atoms with Gasteiger partial charge in [-0.2, -0.15) is 0 Å². The van der Waals surface area contributed by atoms with Crippen molar-refractivity contribution in [2.45, 2.75) is 26.6 Å². The largest absolute Gasteiger partial charge is 0.368 e. The molecule has 1 amide bonds. The Morgan fingerprint density at radius 2 is 1.58 bits per heavy atom. The van der Waals surface area contributed by atoms with Gasteiger partial charge in [-0.15, -0.1) is 0 Å². The molecular weight excluding hydrogens is 432 g/mol. The Labute approximate surface area is 201 Å². The van der Waals surface area contributed by atoms with Crippen LogP contribution in [0.1, 0.15) is 38.7 Å².